The Kier molecular flexibility index (Phi) is 3.89. The normalized spacial score (nSPS) is 15.5. The molecule has 3 heterocycles. The summed E-state index contributed by atoms with van der Waals surface area (Å²) in [6.45, 7) is 3.18. The Bertz CT molecular complexity index is 1110. The number of benzene rings is 1. The molecular weight excluding hydrogens is 359 g/mol. The standard InChI is InChI=1S/C21H19FN4O2/c1-11-16(10-25-21-19(11)23-4-5-28-21)15-6-13-8-18(26-20(27)12-2-3-12)24-9-14(13)7-17(15)22/h6-10,12,23H,2-5H2,1H3,(H,24,26,27). The maximum absolute atomic E-state index is 14.9. The number of halogens is 1. The molecular formula is C21H19FN4O2. The molecule has 3 aromatic rings. The molecule has 28 heavy (non-hydrogen) atoms. The van der Waals surface area contributed by atoms with Crippen molar-refractivity contribution in [1.29, 1.82) is 0 Å². The summed E-state index contributed by atoms with van der Waals surface area (Å²) >= 11 is 0. The molecule has 0 radical (unpaired) electrons. The van der Waals surface area contributed by atoms with E-state index in [1.807, 2.05) is 6.92 Å². The second-order valence-electron chi connectivity index (χ2n) is 7.26. The van der Waals surface area contributed by atoms with Gasteiger partial charge in [-0.2, -0.15) is 0 Å². The molecule has 1 aliphatic heterocycles. The van der Waals surface area contributed by atoms with Crippen LogP contribution in [0.15, 0.2) is 30.6 Å². The van der Waals surface area contributed by atoms with Crippen LogP contribution in [-0.4, -0.2) is 29.0 Å². The van der Waals surface area contributed by atoms with Crippen LogP contribution in [0.2, 0.25) is 0 Å². The topological polar surface area (TPSA) is 76.1 Å². The van der Waals surface area contributed by atoms with Crippen molar-refractivity contribution < 1.29 is 13.9 Å². The lowest BCUT2D eigenvalue weighted by Crippen LogP contribution is -2.20. The minimum atomic E-state index is -0.342. The second-order valence-corrected chi connectivity index (χ2v) is 7.26. The van der Waals surface area contributed by atoms with E-state index >= 15 is 0 Å². The number of pyridine rings is 2. The molecule has 1 saturated carbocycles. The molecule has 6 nitrogen and oxygen atoms in total. The highest BCUT2D eigenvalue weighted by Gasteiger charge is 2.29. The number of fused-ring (bicyclic) bond motifs is 2. The molecule has 5 rings (SSSR count). The largest absolute Gasteiger partial charge is 0.474 e. The fourth-order valence-electron chi connectivity index (χ4n) is 3.51. The Hall–Kier alpha value is -3.22. The highest BCUT2D eigenvalue weighted by atomic mass is 19.1. The molecule has 2 N–H and O–H groups in total. The zero-order chi connectivity index (χ0) is 19.3. The van der Waals surface area contributed by atoms with Crippen molar-refractivity contribution in [2.45, 2.75) is 19.8 Å². The number of amides is 1. The zero-order valence-electron chi connectivity index (χ0n) is 15.4. The summed E-state index contributed by atoms with van der Waals surface area (Å²) in [7, 11) is 0. The predicted octanol–water partition coefficient (Wildman–Crippen LogP) is 3.90. The third-order valence-corrected chi connectivity index (χ3v) is 5.24. The van der Waals surface area contributed by atoms with Crippen LogP contribution in [0.1, 0.15) is 18.4 Å². The summed E-state index contributed by atoms with van der Waals surface area (Å²) in [6.07, 6.45) is 5.08. The zero-order valence-corrected chi connectivity index (χ0v) is 15.4. The van der Waals surface area contributed by atoms with Crippen molar-refractivity contribution in [3.63, 3.8) is 0 Å². The lowest BCUT2D eigenvalue weighted by Gasteiger charge is -2.21. The number of aromatic nitrogens is 2. The SMILES string of the molecule is Cc1c(-c2cc3cc(NC(=O)C4CC4)ncc3cc2F)cnc2c1NCCO2. The van der Waals surface area contributed by atoms with Crippen LogP contribution in [0.4, 0.5) is 15.9 Å². The smallest absolute Gasteiger partial charge is 0.237 e. The van der Waals surface area contributed by atoms with Gasteiger partial charge in [0, 0.05) is 41.4 Å². The summed E-state index contributed by atoms with van der Waals surface area (Å²) in [5, 5.41) is 7.60. The number of carbonyl (C=O) groups excluding carboxylic acids is 1. The molecule has 0 bridgehead atoms. The van der Waals surface area contributed by atoms with Crippen LogP contribution in [0.25, 0.3) is 21.9 Å². The third kappa shape index (κ3) is 2.93. The van der Waals surface area contributed by atoms with Crippen LogP contribution in [0, 0.1) is 18.7 Å². The van der Waals surface area contributed by atoms with E-state index < -0.39 is 0 Å². The molecule has 1 fully saturated rings. The van der Waals surface area contributed by atoms with Gasteiger partial charge in [0.1, 0.15) is 23.9 Å². The summed E-state index contributed by atoms with van der Waals surface area (Å²) in [6, 6.07) is 5.02. The third-order valence-electron chi connectivity index (χ3n) is 5.24. The Balaban J connectivity index is 1.57. The number of hydrogen-bond donors (Lipinski definition) is 2. The van der Waals surface area contributed by atoms with E-state index in [4.69, 9.17) is 4.74 Å². The van der Waals surface area contributed by atoms with Crippen LogP contribution in [-0.2, 0) is 4.79 Å². The van der Waals surface area contributed by atoms with Crippen LogP contribution < -0.4 is 15.4 Å². The van der Waals surface area contributed by atoms with E-state index in [0.29, 0.717) is 41.4 Å². The van der Waals surface area contributed by atoms with Crippen molar-refractivity contribution in [2.75, 3.05) is 23.8 Å². The number of carbonyl (C=O) groups is 1. The molecule has 1 aliphatic carbocycles. The predicted molar refractivity (Wildman–Crippen MR) is 105 cm³/mol. The monoisotopic (exact) mass is 378 g/mol. The quantitative estimate of drug-likeness (QED) is 0.723. The molecule has 7 heteroatoms. The fourth-order valence-corrected chi connectivity index (χ4v) is 3.51. The highest BCUT2D eigenvalue weighted by Crippen LogP contribution is 2.37. The van der Waals surface area contributed by atoms with Gasteiger partial charge in [-0.15, -0.1) is 0 Å². The summed E-state index contributed by atoms with van der Waals surface area (Å²) in [5.41, 5.74) is 2.85. The van der Waals surface area contributed by atoms with Gasteiger partial charge in [-0.25, -0.2) is 14.4 Å². The van der Waals surface area contributed by atoms with Gasteiger partial charge in [0.2, 0.25) is 11.8 Å². The summed E-state index contributed by atoms with van der Waals surface area (Å²) < 4.78 is 20.4. The Labute approximate surface area is 161 Å². The first-order chi connectivity index (χ1) is 13.6. The van der Waals surface area contributed by atoms with Gasteiger partial charge < -0.3 is 15.4 Å². The minimum Gasteiger partial charge on any atom is -0.474 e. The lowest BCUT2D eigenvalue weighted by molar-refractivity contribution is -0.117. The molecule has 2 aromatic heterocycles. The van der Waals surface area contributed by atoms with Gasteiger partial charge >= 0.3 is 0 Å². The van der Waals surface area contributed by atoms with Gasteiger partial charge in [-0.3, -0.25) is 4.79 Å². The average molecular weight is 378 g/mol. The number of ether oxygens (including phenoxy) is 1. The minimum absolute atomic E-state index is 0.00464. The first kappa shape index (κ1) is 16.9. The Morgan fingerprint density at radius 2 is 2.04 bits per heavy atom. The van der Waals surface area contributed by atoms with Crippen molar-refractivity contribution in [3.8, 4) is 17.0 Å². The molecule has 0 atom stereocenters. The van der Waals surface area contributed by atoms with E-state index in [9.17, 15) is 9.18 Å². The van der Waals surface area contributed by atoms with Crippen LogP contribution >= 0.6 is 0 Å². The summed E-state index contributed by atoms with van der Waals surface area (Å²) in [5.74, 6) is 0.779. The van der Waals surface area contributed by atoms with E-state index in [-0.39, 0.29) is 17.6 Å². The van der Waals surface area contributed by atoms with Crippen molar-refractivity contribution >= 4 is 28.2 Å². The number of hydrogen-bond acceptors (Lipinski definition) is 5. The maximum atomic E-state index is 14.9. The molecule has 1 aromatic carbocycles. The van der Waals surface area contributed by atoms with Gasteiger partial charge in [0.05, 0.1) is 0 Å². The first-order valence-electron chi connectivity index (χ1n) is 9.37. The number of rotatable bonds is 3. The Morgan fingerprint density at radius 3 is 2.86 bits per heavy atom. The number of nitrogens with one attached hydrogen (secondary N) is 2. The van der Waals surface area contributed by atoms with Crippen molar-refractivity contribution in [3.05, 3.63) is 42.0 Å². The maximum Gasteiger partial charge on any atom is 0.237 e. The van der Waals surface area contributed by atoms with Gasteiger partial charge in [-0.05, 0) is 48.9 Å². The first-order valence-corrected chi connectivity index (χ1v) is 9.37. The molecule has 0 spiro atoms. The molecule has 142 valence electrons. The van der Waals surface area contributed by atoms with Crippen molar-refractivity contribution in [2.24, 2.45) is 5.92 Å². The highest BCUT2D eigenvalue weighted by molar-refractivity contribution is 5.96. The van der Waals surface area contributed by atoms with Crippen molar-refractivity contribution in [1.82, 2.24) is 9.97 Å². The fraction of sp³-hybridized carbons (Fsp3) is 0.286. The van der Waals surface area contributed by atoms with Gasteiger partial charge in [0.25, 0.3) is 0 Å². The van der Waals surface area contributed by atoms with E-state index in [1.54, 1.807) is 24.5 Å². The molecule has 0 saturated heterocycles. The molecule has 0 unspecified atom stereocenters. The van der Waals surface area contributed by atoms with Crippen LogP contribution in [0.3, 0.4) is 0 Å². The molecule has 1 amide bonds. The lowest BCUT2D eigenvalue weighted by atomic mass is 9.98. The van der Waals surface area contributed by atoms with Crippen LogP contribution in [0.5, 0.6) is 5.88 Å². The number of anilines is 2. The van der Waals surface area contributed by atoms with E-state index in [2.05, 4.69) is 20.6 Å². The van der Waals surface area contributed by atoms with E-state index in [0.717, 1.165) is 29.5 Å². The van der Waals surface area contributed by atoms with Gasteiger partial charge in [-0.1, -0.05) is 0 Å². The van der Waals surface area contributed by atoms with E-state index in [1.165, 1.54) is 6.07 Å². The summed E-state index contributed by atoms with van der Waals surface area (Å²) in [4.78, 5) is 20.6. The Morgan fingerprint density at radius 1 is 1.18 bits per heavy atom. The molecule has 2 aliphatic rings. The second kappa shape index (κ2) is 6.44. The average Bonchev–Trinajstić information content (AvgIpc) is 3.54. The number of nitrogens with zero attached hydrogens (tertiary/aromatic N) is 2. The van der Waals surface area contributed by atoms with Gasteiger partial charge in [0.15, 0.2) is 0 Å².